The highest BCUT2D eigenvalue weighted by Crippen LogP contribution is 2.36. The van der Waals surface area contributed by atoms with E-state index >= 15 is 0 Å². The number of likely N-dealkylation sites (N-methyl/N-ethyl adjacent to an activating group) is 1. The van der Waals surface area contributed by atoms with Gasteiger partial charge in [-0.2, -0.15) is 0 Å². The number of amides is 7. The minimum absolute atomic E-state index is 0.154. The Balaban J connectivity index is 1.19. The molecule has 0 aromatic carbocycles. The fraction of sp³-hybridized carbons (Fsp3) is 0.792. The first-order valence-electron chi connectivity index (χ1n) is 12.7. The summed E-state index contributed by atoms with van der Waals surface area (Å²) in [5.41, 5.74) is 0. The summed E-state index contributed by atoms with van der Waals surface area (Å²) in [5, 5.41) is 0. The topological polar surface area (TPSA) is 108 Å². The molecule has 5 rings (SSSR count). The van der Waals surface area contributed by atoms with Crippen LogP contribution in [-0.2, 0) is 19.1 Å². The van der Waals surface area contributed by atoms with E-state index in [-0.39, 0.29) is 42.1 Å². The second-order valence-electron chi connectivity index (χ2n) is 10.7. The molecular formula is C24H34N4O6. The Bertz CT molecular complexity index is 877. The van der Waals surface area contributed by atoms with Gasteiger partial charge in [0.2, 0.25) is 11.8 Å². The summed E-state index contributed by atoms with van der Waals surface area (Å²) in [7, 11) is 1.54. The Hall–Kier alpha value is -2.49. The molecule has 0 aromatic rings. The molecular weight excluding hydrogens is 440 g/mol. The zero-order valence-electron chi connectivity index (χ0n) is 19.8. The summed E-state index contributed by atoms with van der Waals surface area (Å²) in [4.78, 5) is 69.0. The Morgan fingerprint density at radius 1 is 0.794 bits per heavy atom. The number of barbiturate groups is 1. The Kier molecular flexibility index (Phi) is 6.35. The van der Waals surface area contributed by atoms with Crippen LogP contribution in [0, 0.1) is 17.8 Å². The maximum atomic E-state index is 13.1. The Labute approximate surface area is 199 Å². The molecule has 0 radical (unpaired) electrons. The van der Waals surface area contributed by atoms with E-state index in [1.54, 1.807) is 4.90 Å². The van der Waals surface area contributed by atoms with E-state index in [1.165, 1.54) is 21.7 Å². The van der Waals surface area contributed by atoms with Gasteiger partial charge in [0.05, 0.1) is 13.2 Å². The SMILES string of the molecule is CN1C(=O)C(CC2CCC(N3C(=O)CC(=O)N(CC4CCC4)C3=O)CC2)N(CC2COC2)C1=O. The predicted octanol–water partition coefficient (Wildman–Crippen LogP) is 1.83. The lowest BCUT2D eigenvalue weighted by Gasteiger charge is -2.42. The van der Waals surface area contributed by atoms with Crippen LogP contribution in [-0.4, -0.2) is 94.8 Å². The number of ether oxygens (including phenoxy) is 1. The van der Waals surface area contributed by atoms with Gasteiger partial charge in [0.25, 0.3) is 5.91 Å². The van der Waals surface area contributed by atoms with E-state index < -0.39 is 18.0 Å². The third kappa shape index (κ3) is 4.21. The van der Waals surface area contributed by atoms with Crippen LogP contribution in [0.4, 0.5) is 9.59 Å². The number of hydrogen-bond acceptors (Lipinski definition) is 6. The van der Waals surface area contributed by atoms with Gasteiger partial charge >= 0.3 is 12.1 Å². The van der Waals surface area contributed by atoms with Crippen LogP contribution in [0.15, 0.2) is 0 Å². The molecule has 0 N–H and O–H groups in total. The summed E-state index contributed by atoms with van der Waals surface area (Å²) >= 11 is 0. The van der Waals surface area contributed by atoms with Crippen LogP contribution in [0.5, 0.6) is 0 Å². The van der Waals surface area contributed by atoms with Crippen molar-refractivity contribution in [2.45, 2.75) is 69.9 Å². The highest BCUT2D eigenvalue weighted by Gasteiger charge is 2.47. The van der Waals surface area contributed by atoms with E-state index in [1.807, 2.05) is 0 Å². The summed E-state index contributed by atoms with van der Waals surface area (Å²) < 4.78 is 5.23. The van der Waals surface area contributed by atoms with Crippen molar-refractivity contribution in [3.05, 3.63) is 0 Å². The molecule has 3 aliphatic heterocycles. The van der Waals surface area contributed by atoms with Gasteiger partial charge in [-0.3, -0.25) is 29.1 Å². The van der Waals surface area contributed by atoms with Crippen molar-refractivity contribution in [2.75, 3.05) is 33.4 Å². The highest BCUT2D eigenvalue weighted by molar-refractivity contribution is 6.14. The lowest BCUT2D eigenvalue weighted by atomic mass is 9.81. The first-order chi connectivity index (χ1) is 16.3. The second kappa shape index (κ2) is 9.28. The van der Waals surface area contributed by atoms with Crippen LogP contribution in [0.1, 0.15) is 57.8 Å². The molecule has 10 heteroatoms. The fourth-order valence-electron chi connectivity index (χ4n) is 5.96. The molecule has 5 fully saturated rings. The number of urea groups is 2. The van der Waals surface area contributed by atoms with Crippen molar-refractivity contribution < 1.29 is 28.7 Å². The molecule has 10 nitrogen and oxygen atoms in total. The molecule has 3 saturated heterocycles. The van der Waals surface area contributed by atoms with Crippen LogP contribution >= 0.6 is 0 Å². The van der Waals surface area contributed by atoms with Gasteiger partial charge in [-0.05, 0) is 56.8 Å². The van der Waals surface area contributed by atoms with Gasteiger partial charge in [0.15, 0.2) is 0 Å². The third-order valence-electron chi connectivity index (χ3n) is 8.40. The maximum absolute atomic E-state index is 13.1. The average molecular weight is 475 g/mol. The molecule has 0 spiro atoms. The number of imide groups is 3. The van der Waals surface area contributed by atoms with E-state index in [0.717, 1.165) is 32.1 Å². The normalized spacial score (nSPS) is 31.4. The second-order valence-corrected chi connectivity index (χ2v) is 10.7. The van der Waals surface area contributed by atoms with Crippen LogP contribution in [0.25, 0.3) is 0 Å². The number of nitrogens with zero attached hydrogens (tertiary/aromatic N) is 4. The molecule has 0 aromatic heterocycles. The molecule has 1 atom stereocenters. The Morgan fingerprint density at radius 2 is 1.50 bits per heavy atom. The number of carbonyl (C=O) groups excluding carboxylic acids is 5. The molecule has 186 valence electrons. The van der Waals surface area contributed by atoms with Gasteiger partial charge in [0.1, 0.15) is 12.5 Å². The molecule has 0 bridgehead atoms. The lowest BCUT2D eigenvalue weighted by molar-refractivity contribution is -0.145. The van der Waals surface area contributed by atoms with Gasteiger partial charge < -0.3 is 9.64 Å². The third-order valence-corrected chi connectivity index (χ3v) is 8.40. The molecule has 1 unspecified atom stereocenters. The van der Waals surface area contributed by atoms with Crippen LogP contribution in [0.3, 0.4) is 0 Å². The average Bonchev–Trinajstić information content (AvgIpc) is 2.94. The van der Waals surface area contributed by atoms with Crippen molar-refractivity contribution in [1.29, 1.82) is 0 Å². The zero-order valence-corrected chi connectivity index (χ0v) is 19.8. The summed E-state index contributed by atoms with van der Waals surface area (Å²) in [5.74, 6) is -0.0416. The molecule has 34 heavy (non-hydrogen) atoms. The Morgan fingerprint density at radius 3 is 2.09 bits per heavy atom. The van der Waals surface area contributed by atoms with E-state index in [4.69, 9.17) is 4.74 Å². The van der Waals surface area contributed by atoms with Gasteiger partial charge in [-0.15, -0.1) is 0 Å². The van der Waals surface area contributed by atoms with E-state index in [2.05, 4.69) is 0 Å². The maximum Gasteiger partial charge on any atom is 0.333 e. The van der Waals surface area contributed by atoms with Crippen LogP contribution in [0.2, 0.25) is 0 Å². The molecule has 7 amide bonds. The molecule has 2 saturated carbocycles. The molecule has 5 aliphatic rings. The van der Waals surface area contributed by atoms with Crippen molar-refractivity contribution in [2.24, 2.45) is 17.8 Å². The van der Waals surface area contributed by atoms with Gasteiger partial charge in [-0.1, -0.05) is 6.42 Å². The fourth-order valence-corrected chi connectivity index (χ4v) is 5.96. The van der Waals surface area contributed by atoms with Crippen molar-refractivity contribution in [3.63, 3.8) is 0 Å². The number of hydrogen-bond donors (Lipinski definition) is 0. The van der Waals surface area contributed by atoms with Gasteiger partial charge in [0, 0.05) is 32.1 Å². The van der Waals surface area contributed by atoms with Crippen molar-refractivity contribution >= 4 is 29.8 Å². The quantitative estimate of drug-likeness (QED) is 0.412. The summed E-state index contributed by atoms with van der Waals surface area (Å²) in [6.45, 7) is 2.20. The first-order valence-corrected chi connectivity index (χ1v) is 12.7. The van der Waals surface area contributed by atoms with E-state index in [0.29, 0.717) is 51.5 Å². The zero-order chi connectivity index (χ0) is 24.0. The standard InChI is InChI=1S/C24H34N4O6/c1-25-22(31)19(26(23(25)32)12-17-13-34-14-17)9-15-5-7-18(8-6-15)28-21(30)10-20(29)27(24(28)33)11-16-3-2-4-16/h15-19H,2-14H2,1H3. The number of rotatable bonds is 7. The smallest absolute Gasteiger partial charge is 0.333 e. The monoisotopic (exact) mass is 474 g/mol. The number of carbonyl (C=O) groups is 5. The van der Waals surface area contributed by atoms with Crippen molar-refractivity contribution in [3.8, 4) is 0 Å². The largest absolute Gasteiger partial charge is 0.381 e. The summed E-state index contributed by atoms with van der Waals surface area (Å²) in [6.07, 6.45) is 6.43. The molecule has 3 heterocycles. The molecule has 2 aliphatic carbocycles. The highest BCUT2D eigenvalue weighted by atomic mass is 16.5. The van der Waals surface area contributed by atoms with Gasteiger partial charge in [-0.25, -0.2) is 9.59 Å². The van der Waals surface area contributed by atoms with Crippen LogP contribution < -0.4 is 0 Å². The summed E-state index contributed by atoms with van der Waals surface area (Å²) in [6, 6.07) is -1.35. The van der Waals surface area contributed by atoms with E-state index in [9.17, 15) is 24.0 Å². The first kappa shape index (κ1) is 23.3. The minimum atomic E-state index is -0.455. The predicted molar refractivity (Wildman–Crippen MR) is 119 cm³/mol. The van der Waals surface area contributed by atoms with Crippen molar-refractivity contribution in [1.82, 2.24) is 19.6 Å². The lowest BCUT2D eigenvalue weighted by Crippen LogP contribution is -2.59. The minimum Gasteiger partial charge on any atom is -0.381 e.